The first-order valence-electron chi connectivity index (χ1n) is 6.04. The minimum Gasteiger partial charge on any atom is -0.385 e. The van der Waals surface area contributed by atoms with Gasteiger partial charge in [0.1, 0.15) is 0 Å². The van der Waals surface area contributed by atoms with Gasteiger partial charge in [0.2, 0.25) is 0 Å². The predicted octanol–water partition coefficient (Wildman–Crippen LogP) is 2.50. The van der Waals surface area contributed by atoms with E-state index >= 15 is 0 Å². The highest BCUT2D eigenvalue weighted by Gasteiger charge is 2.00. The average Bonchev–Trinajstić information content (AvgIpc) is 2.38. The van der Waals surface area contributed by atoms with Gasteiger partial charge >= 0.3 is 0 Å². The predicted molar refractivity (Wildman–Crippen MR) is 73.6 cm³/mol. The summed E-state index contributed by atoms with van der Waals surface area (Å²) >= 11 is 0. The minimum absolute atomic E-state index is 0.186. The molecule has 0 fully saturated rings. The molecule has 1 aromatic carbocycles. The van der Waals surface area contributed by atoms with Crippen molar-refractivity contribution in [3.63, 3.8) is 0 Å². The number of aromatic nitrogens is 2. The fourth-order valence-electron chi connectivity index (χ4n) is 1.58. The van der Waals surface area contributed by atoms with Crippen molar-refractivity contribution in [3.05, 3.63) is 47.0 Å². The lowest BCUT2D eigenvalue weighted by molar-refractivity contribution is 0.689. The van der Waals surface area contributed by atoms with Gasteiger partial charge in [-0.2, -0.15) is 0 Å². The molecule has 0 saturated heterocycles. The van der Waals surface area contributed by atoms with E-state index in [1.54, 1.807) is 6.20 Å². The van der Waals surface area contributed by atoms with E-state index in [0.717, 1.165) is 23.5 Å². The summed E-state index contributed by atoms with van der Waals surface area (Å²) in [6.45, 7) is 5.30. The molecule has 0 saturated carbocycles. The third-order valence-corrected chi connectivity index (χ3v) is 2.57. The number of rotatable bonds is 4. The van der Waals surface area contributed by atoms with Crippen molar-refractivity contribution in [1.29, 1.82) is 0 Å². The lowest BCUT2D eigenvalue weighted by Crippen LogP contribution is -2.07. The Morgan fingerprint density at radius 3 is 2.56 bits per heavy atom. The molecule has 0 aliphatic rings. The number of nitrogens with zero attached hydrogens (tertiary/aromatic N) is 1. The second-order valence-electron chi connectivity index (χ2n) is 4.65. The van der Waals surface area contributed by atoms with Crippen molar-refractivity contribution in [2.75, 3.05) is 11.9 Å². The fourth-order valence-corrected chi connectivity index (χ4v) is 1.58. The van der Waals surface area contributed by atoms with Crippen LogP contribution in [-0.2, 0) is 0 Å². The number of benzene rings is 1. The summed E-state index contributed by atoms with van der Waals surface area (Å²) in [5.74, 6) is 0.616. The molecule has 4 nitrogen and oxygen atoms in total. The van der Waals surface area contributed by atoms with E-state index in [1.165, 1.54) is 6.20 Å². The first-order valence-corrected chi connectivity index (χ1v) is 6.04. The summed E-state index contributed by atoms with van der Waals surface area (Å²) in [4.78, 5) is 17.6. The van der Waals surface area contributed by atoms with E-state index in [1.807, 2.05) is 24.3 Å². The van der Waals surface area contributed by atoms with Gasteiger partial charge in [0.25, 0.3) is 5.56 Å². The van der Waals surface area contributed by atoms with Crippen LogP contribution < -0.4 is 10.9 Å². The highest BCUT2D eigenvalue weighted by atomic mass is 16.1. The minimum atomic E-state index is -0.186. The van der Waals surface area contributed by atoms with Crippen molar-refractivity contribution < 1.29 is 0 Å². The summed E-state index contributed by atoms with van der Waals surface area (Å²) < 4.78 is 0. The lowest BCUT2D eigenvalue weighted by Gasteiger charge is -2.09. The van der Waals surface area contributed by atoms with Gasteiger partial charge in [0.15, 0.2) is 0 Å². The van der Waals surface area contributed by atoms with Gasteiger partial charge in [-0.1, -0.05) is 26.0 Å². The Kier molecular flexibility index (Phi) is 3.77. The summed E-state index contributed by atoms with van der Waals surface area (Å²) in [6.07, 6.45) is 2.92. The van der Waals surface area contributed by atoms with E-state index in [-0.39, 0.29) is 5.56 Å². The smallest absolute Gasteiger partial charge is 0.266 e. The van der Waals surface area contributed by atoms with Gasteiger partial charge in [0.05, 0.1) is 11.9 Å². The van der Waals surface area contributed by atoms with Crippen LogP contribution in [0.4, 0.5) is 5.69 Å². The van der Waals surface area contributed by atoms with Crippen LogP contribution in [-0.4, -0.2) is 16.5 Å². The number of hydrogen-bond donors (Lipinski definition) is 2. The highest BCUT2D eigenvalue weighted by molar-refractivity contribution is 5.61. The number of aromatic amines is 1. The molecule has 18 heavy (non-hydrogen) atoms. The van der Waals surface area contributed by atoms with Crippen LogP contribution in [0.5, 0.6) is 0 Å². The van der Waals surface area contributed by atoms with Crippen LogP contribution in [0.2, 0.25) is 0 Å². The Morgan fingerprint density at radius 1 is 1.28 bits per heavy atom. The van der Waals surface area contributed by atoms with Gasteiger partial charge in [0, 0.05) is 24.0 Å². The maximum atomic E-state index is 10.9. The summed E-state index contributed by atoms with van der Waals surface area (Å²) in [5, 5.41) is 3.35. The molecule has 4 heteroatoms. The molecule has 2 rings (SSSR count). The van der Waals surface area contributed by atoms with Crippen molar-refractivity contribution >= 4 is 5.69 Å². The molecule has 2 N–H and O–H groups in total. The Balaban J connectivity index is 2.12. The summed E-state index contributed by atoms with van der Waals surface area (Å²) in [7, 11) is 0. The molecule has 2 aromatic rings. The van der Waals surface area contributed by atoms with Crippen LogP contribution in [0, 0.1) is 5.92 Å². The quantitative estimate of drug-likeness (QED) is 0.867. The van der Waals surface area contributed by atoms with Crippen LogP contribution >= 0.6 is 0 Å². The summed E-state index contributed by atoms with van der Waals surface area (Å²) in [5.41, 5.74) is 2.66. The largest absolute Gasteiger partial charge is 0.385 e. The molecule has 0 amide bonds. The summed E-state index contributed by atoms with van der Waals surface area (Å²) in [6, 6.07) is 8.02. The zero-order valence-corrected chi connectivity index (χ0v) is 10.6. The molecular formula is C14H17N3O. The normalized spacial score (nSPS) is 10.6. The molecule has 0 aliphatic carbocycles. The van der Waals surface area contributed by atoms with Crippen molar-refractivity contribution in [1.82, 2.24) is 9.97 Å². The molecule has 0 spiro atoms. The second kappa shape index (κ2) is 5.49. The molecule has 1 heterocycles. The molecule has 0 aliphatic heterocycles. The average molecular weight is 243 g/mol. The van der Waals surface area contributed by atoms with E-state index in [4.69, 9.17) is 0 Å². The van der Waals surface area contributed by atoms with Gasteiger partial charge in [-0.05, 0) is 18.1 Å². The molecule has 1 aromatic heterocycles. The van der Waals surface area contributed by atoms with Crippen LogP contribution in [0.1, 0.15) is 13.8 Å². The Hall–Kier alpha value is -2.10. The topological polar surface area (TPSA) is 57.8 Å². The van der Waals surface area contributed by atoms with E-state index in [2.05, 4.69) is 29.1 Å². The highest BCUT2D eigenvalue weighted by Crippen LogP contribution is 2.18. The van der Waals surface area contributed by atoms with Gasteiger partial charge in [-0.15, -0.1) is 0 Å². The Bertz CT molecular complexity index is 538. The van der Waals surface area contributed by atoms with Crippen LogP contribution in [0.15, 0.2) is 41.5 Å². The standard InChI is InChI=1S/C14H17N3O/c1-10(2)7-15-12-5-3-11(4-6-12)13-8-17-14(18)9-16-13/h3-6,8-10,15H,7H2,1-2H3,(H,17,18). The second-order valence-corrected chi connectivity index (χ2v) is 4.65. The SMILES string of the molecule is CC(C)CNc1ccc(-c2c[nH]c(=O)cn2)cc1. The lowest BCUT2D eigenvalue weighted by atomic mass is 10.1. The fraction of sp³-hybridized carbons (Fsp3) is 0.286. The van der Waals surface area contributed by atoms with E-state index in [0.29, 0.717) is 5.92 Å². The van der Waals surface area contributed by atoms with Crippen LogP contribution in [0.3, 0.4) is 0 Å². The van der Waals surface area contributed by atoms with E-state index in [9.17, 15) is 4.79 Å². The molecule has 94 valence electrons. The maximum absolute atomic E-state index is 10.9. The number of nitrogens with one attached hydrogen (secondary N) is 2. The van der Waals surface area contributed by atoms with Crippen LogP contribution in [0.25, 0.3) is 11.3 Å². The number of anilines is 1. The third kappa shape index (κ3) is 3.20. The van der Waals surface area contributed by atoms with Crippen molar-refractivity contribution in [3.8, 4) is 11.3 Å². The molecule has 0 bridgehead atoms. The maximum Gasteiger partial charge on any atom is 0.266 e. The molecule has 0 atom stereocenters. The number of hydrogen-bond acceptors (Lipinski definition) is 3. The third-order valence-electron chi connectivity index (χ3n) is 2.57. The molecule has 0 unspecified atom stereocenters. The zero-order chi connectivity index (χ0) is 13.0. The van der Waals surface area contributed by atoms with Crippen molar-refractivity contribution in [2.24, 2.45) is 5.92 Å². The Labute approximate surface area is 106 Å². The first kappa shape index (κ1) is 12.4. The monoisotopic (exact) mass is 243 g/mol. The van der Waals surface area contributed by atoms with E-state index < -0.39 is 0 Å². The zero-order valence-electron chi connectivity index (χ0n) is 10.6. The first-order chi connectivity index (χ1) is 8.65. The number of H-pyrrole nitrogens is 1. The Morgan fingerprint density at radius 2 is 2.00 bits per heavy atom. The molecule has 0 radical (unpaired) electrons. The van der Waals surface area contributed by atoms with Gasteiger partial charge < -0.3 is 10.3 Å². The molecular weight excluding hydrogens is 226 g/mol. The van der Waals surface area contributed by atoms with Crippen molar-refractivity contribution in [2.45, 2.75) is 13.8 Å². The van der Waals surface area contributed by atoms with Gasteiger partial charge in [-0.3, -0.25) is 4.79 Å². The van der Waals surface area contributed by atoms with Gasteiger partial charge in [-0.25, -0.2) is 4.98 Å².